The van der Waals surface area contributed by atoms with E-state index in [1.54, 1.807) is 0 Å². The molecule has 1 atom stereocenters. The van der Waals surface area contributed by atoms with E-state index in [0.29, 0.717) is 13.1 Å². The summed E-state index contributed by atoms with van der Waals surface area (Å²) in [7, 11) is 1.90. The Morgan fingerprint density at radius 2 is 2.29 bits per heavy atom. The number of carbonyl (C=O) groups excluding carboxylic acids is 1. The van der Waals surface area contributed by atoms with Gasteiger partial charge < -0.3 is 16.4 Å². The number of primary amides is 1. The Kier molecular flexibility index (Phi) is 3.06. The number of anilines is 1. The molecule has 1 fully saturated rings. The quantitative estimate of drug-likeness (QED) is 0.741. The monoisotopic (exact) mass is 237 g/mol. The Morgan fingerprint density at radius 3 is 2.82 bits per heavy atom. The van der Waals surface area contributed by atoms with E-state index in [9.17, 15) is 4.79 Å². The van der Waals surface area contributed by atoms with Crippen molar-refractivity contribution in [3.05, 3.63) is 11.3 Å². The van der Waals surface area contributed by atoms with E-state index in [1.165, 1.54) is 0 Å². The molecule has 2 heterocycles. The Morgan fingerprint density at radius 1 is 1.59 bits per heavy atom. The Bertz CT molecular complexity index is 439. The number of rotatable bonds is 3. The molecule has 0 bridgehead atoms. The van der Waals surface area contributed by atoms with Crippen LogP contribution in [0.15, 0.2) is 0 Å². The number of amides is 1. The van der Waals surface area contributed by atoms with Gasteiger partial charge >= 0.3 is 0 Å². The lowest BCUT2D eigenvalue weighted by Crippen LogP contribution is -2.29. The van der Waals surface area contributed by atoms with Gasteiger partial charge in [-0.3, -0.25) is 9.48 Å². The lowest BCUT2D eigenvalue weighted by atomic mass is 10.1. The molecule has 1 amide bonds. The van der Waals surface area contributed by atoms with Gasteiger partial charge in [0, 0.05) is 32.2 Å². The third-order valence-corrected chi connectivity index (χ3v) is 3.41. The fourth-order valence-electron chi connectivity index (χ4n) is 2.51. The van der Waals surface area contributed by atoms with Gasteiger partial charge in [0.2, 0.25) is 5.91 Å². The lowest BCUT2D eigenvalue weighted by molar-refractivity contribution is -0.121. The fourth-order valence-corrected chi connectivity index (χ4v) is 2.51. The van der Waals surface area contributed by atoms with E-state index < -0.39 is 0 Å². The molecule has 6 heteroatoms. The summed E-state index contributed by atoms with van der Waals surface area (Å²) in [4.78, 5) is 13.3. The van der Waals surface area contributed by atoms with Crippen LogP contribution in [0, 0.1) is 12.8 Å². The van der Waals surface area contributed by atoms with Crippen LogP contribution in [0.4, 0.5) is 5.82 Å². The first-order chi connectivity index (χ1) is 8.04. The minimum atomic E-state index is -0.222. The van der Waals surface area contributed by atoms with Gasteiger partial charge in [0.15, 0.2) is 0 Å². The molecule has 0 saturated carbocycles. The smallest absolute Gasteiger partial charge is 0.222 e. The molecular weight excluding hydrogens is 218 g/mol. The van der Waals surface area contributed by atoms with E-state index in [0.717, 1.165) is 30.0 Å². The molecule has 4 N–H and O–H groups in total. The standard InChI is InChI=1S/C11H19N5O/c1-7-9(5-12)11(15(2)14-7)16-4-3-8(6-16)10(13)17/h8H,3-6,12H2,1-2H3,(H2,13,17). The number of hydrogen-bond donors (Lipinski definition) is 2. The van der Waals surface area contributed by atoms with Gasteiger partial charge in [0.25, 0.3) is 0 Å². The summed E-state index contributed by atoms with van der Waals surface area (Å²) in [6.07, 6.45) is 0.809. The average Bonchev–Trinajstić information content (AvgIpc) is 2.82. The lowest BCUT2D eigenvalue weighted by Gasteiger charge is -2.19. The zero-order chi connectivity index (χ0) is 12.6. The number of aryl methyl sites for hydroxylation is 2. The van der Waals surface area contributed by atoms with Crippen molar-refractivity contribution in [2.75, 3.05) is 18.0 Å². The molecule has 1 aliphatic rings. The molecule has 0 radical (unpaired) electrons. The summed E-state index contributed by atoms with van der Waals surface area (Å²) in [5.41, 5.74) is 13.1. The van der Waals surface area contributed by atoms with Gasteiger partial charge in [-0.2, -0.15) is 5.10 Å². The molecule has 1 aromatic rings. The van der Waals surface area contributed by atoms with E-state index in [4.69, 9.17) is 11.5 Å². The minimum absolute atomic E-state index is 0.0594. The second-order valence-corrected chi connectivity index (χ2v) is 4.55. The third-order valence-electron chi connectivity index (χ3n) is 3.41. The van der Waals surface area contributed by atoms with Crippen LogP contribution >= 0.6 is 0 Å². The highest BCUT2D eigenvalue weighted by atomic mass is 16.1. The molecular formula is C11H19N5O. The Labute approximate surface area is 101 Å². The maximum atomic E-state index is 11.2. The second kappa shape index (κ2) is 4.37. The molecule has 6 nitrogen and oxygen atoms in total. The SMILES string of the molecule is Cc1nn(C)c(N2CCC(C(N)=O)C2)c1CN. The van der Waals surface area contributed by atoms with E-state index in [1.807, 2.05) is 18.7 Å². The average molecular weight is 237 g/mol. The molecule has 2 rings (SSSR count). The van der Waals surface area contributed by atoms with Crippen LogP contribution in [0.1, 0.15) is 17.7 Å². The second-order valence-electron chi connectivity index (χ2n) is 4.55. The highest BCUT2D eigenvalue weighted by molar-refractivity contribution is 5.78. The molecule has 1 unspecified atom stereocenters. The van der Waals surface area contributed by atoms with Crippen molar-refractivity contribution in [1.82, 2.24) is 9.78 Å². The number of nitrogens with zero attached hydrogens (tertiary/aromatic N) is 3. The maximum absolute atomic E-state index is 11.2. The van der Waals surface area contributed by atoms with Gasteiger partial charge in [-0.05, 0) is 13.3 Å². The summed E-state index contributed by atoms with van der Waals surface area (Å²) in [6, 6.07) is 0. The number of aromatic nitrogens is 2. The first kappa shape index (κ1) is 11.9. The van der Waals surface area contributed by atoms with Crippen molar-refractivity contribution in [2.24, 2.45) is 24.4 Å². The molecule has 0 spiro atoms. The summed E-state index contributed by atoms with van der Waals surface area (Å²) in [6.45, 7) is 3.92. The largest absolute Gasteiger partial charge is 0.369 e. The predicted octanol–water partition coefficient (Wildman–Crippen LogP) is -0.501. The van der Waals surface area contributed by atoms with Gasteiger partial charge in [-0.15, -0.1) is 0 Å². The molecule has 1 aromatic heterocycles. The maximum Gasteiger partial charge on any atom is 0.222 e. The fraction of sp³-hybridized carbons (Fsp3) is 0.636. The minimum Gasteiger partial charge on any atom is -0.369 e. The van der Waals surface area contributed by atoms with Crippen LogP contribution in [0.25, 0.3) is 0 Å². The van der Waals surface area contributed by atoms with Gasteiger partial charge in [0.1, 0.15) is 5.82 Å². The Hall–Kier alpha value is -1.56. The van der Waals surface area contributed by atoms with Crippen LogP contribution in [0.2, 0.25) is 0 Å². The van der Waals surface area contributed by atoms with Crippen molar-refractivity contribution in [2.45, 2.75) is 19.9 Å². The molecule has 0 aromatic carbocycles. The molecule has 1 aliphatic heterocycles. The zero-order valence-electron chi connectivity index (χ0n) is 10.3. The molecule has 17 heavy (non-hydrogen) atoms. The van der Waals surface area contributed by atoms with Crippen molar-refractivity contribution < 1.29 is 4.79 Å². The summed E-state index contributed by atoms with van der Waals surface area (Å²) < 4.78 is 1.83. The van der Waals surface area contributed by atoms with Gasteiger partial charge in [-0.25, -0.2) is 0 Å². The van der Waals surface area contributed by atoms with Crippen molar-refractivity contribution in [3.8, 4) is 0 Å². The van der Waals surface area contributed by atoms with E-state index in [2.05, 4.69) is 10.00 Å². The first-order valence-electron chi connectivity index (χ1n) is 5.81. The van der Waals surface area contributed by atoms with Crippen LogP contribution in [-0.2, 0) is 18.4 Å². The molecule has 1 saturated heterocycles. The summed E-state index contributed by atoms with van der Waals surface area (Å²) >= 11 is 0. The number of hydrogen-bond acceptors (Lipinski definition) is 4. The van der Waals surface area contributed by atoms with Crippen LogP contribution in [0.5, 0.6) is 0 Å². The first-order valence-corrected chi connectivity index (χ1v) is 5.81. The zero-order valence-corrected chi connectivity index (χ0v) is 10.3. The predicted molar refractivity (Wildman–Crippen MR) is 65.4 cm³/mol. The molecule has 94 valence electrons. The van der Waals surface area contributed by atoms with E-state index in [-0.39, 0.29) is 11.8 Å². The molecule has 0 aliphatic carbocycles. The highest BCUT2D eigenvalue weighted by Gasteiger charge is 2.30. The summed E-state index contributed by atoms with van der Waals surface area (Å²) in [5.74, 6) is 0.741. The number of nitrogens with two attached hydrogens (primary N) is 2. The van der Waals surface area contributed by atoms with Crippen LogP contribution in [-0.4, -0.2) is 28.8 Å². The van der Waals surface area contributed by atoms with E-state index >= 15 is 0 Å². The summed E-state index contributed by atoms with van der Waals surface area (Å²) in [5, 5.41) is 4.38. The van der Waals surface area contributed by atoms with Crippen LogP contribution in [0.3, 0.4) is 0 Å². The topological polar surface area (TPSA) is 90.2 Å². The van der Waals surface area contributed by atoms with Crippen molar-refractivity contribution in [1.29, 1.82) is 0 Å². The van der Waals surface area contributed by atoms with Gasteiger partial charge in [-0.1, -0.05) is 0 Å². The number of carbonyl (C=O) groups is 1. The van der Waals surface area contributed by atoms with Gasteiger partial charge in [0.05, 0.1) is 11.6 Å². The van der Waals surface area contributed by atoms with Crippen LogP contribution < -0.4 is 16.4 Å². The Balaban J connectivity index is 2.27. The van der Waals surface area contributed by atoms with Crippen molar-refractivity contribution in [3.63, 3.8) is 0 Å². The third kappa shape index (κ3) is 2.00. The normalized spacial score (nSPS) is 19.9. The highest BCUT2D eigenvalue weighted by Crippen LogP contribution is 2.28. The van der Waals surface area contributed by atoms with Crippen molar-refractivity contribution >= 4 is 11.7 Å².